The Morgan fingerprint density at radius 1 is 1.12 bits per heavy atom. The second-order valence-corrected chi connectivity index (χ2v) is 3.93. The van der Waals surface area contributed by atoms with Gasteiger partial charge in [-0.15, -0.1) is 0 Å². The van der Waals surface area contributed by atoms with Crippen molar-refractivity contribution in [2.75, 3.05) is 11.1 Å². The van der Waals surface area contributed by atoms with Gasteiger partial charge in [0, 0.05) is 16.9 Å². The molecular formula is C13H11N3O. The number of ketones is 1. The van der Waals surface area contributed by atoms with E-state index in [0.717, 1.165) is 11.4 Å². The molecule has 1 aliphatic rings. The molecule has 0 radical (unpaired) electrons. The number of nitrogen functional groups attached to an aromatic ring is 1. The van der Waals surface area contributed by atoms with Crippen LogP contribution in [0, 0.1) is 0 Å². The highest BCUT2D eigenvalue weighted by molar-refractivity contribution is 6.20. The van der Waals surface area contributed by atoms with Crippen LogP contribution in [-0.2, 0) is 0 Å². The third-order valence-corrected chi connectivity index (χ3v) is 2.72. The molecule has 0 atom stereocenters. The number of aromatic amines is 1. The summed E-state index contributed by atoms with van der Waals surface area (Å²) < 4.78 is 0. The van der Waals surface area contributed by atoms with Crippen molar-refractivity contribution >= 4 is 23.4 Å². The van der Waals surface area contributed by atoms with Crippen molar-refractivity contribution in [1.82, 2.24) is 4.98 Å². The van der Waals surface area contributed by atoms with Crippen LogP contribution < -0.4 is 11.1 Å². The Morgan fingerprint density at radius 3 is 2.65 bits per heavy atom. The summed E-state index contributed by atoms with van der Waals surface area (Å²) in [7, 11) is 0. The molecule has 17 heavy (non-hydrogen) atoms. The largest absolute Gasteiger partial charge is 0.385 e. The number of hydrogen-bond acceptors (Lipinski definition) is 3. The van der Waals surface area contributed by atoms with Gasteiger partial charge in [-0.05, 0) is 30.3 Å². The fourth-order valence-electron chi connectivity index (χ4n) is 1.91. The third-order valence-electron chi connectivity index (χ3n) is 2.72. The van der Waals surface area contributed by atoms with Crippen LogP contribution in [0.4, 0.5) is 11.5 Å². The number of fused-ring (bicyclic) bond motifs is 1. The first-order chi connectivity index (χ1) is 8.24. The predicted octanol–water partition coefficient (Wildman–Crippen LogP) is 2.25. The van der Waals surface area contributed by atoms with E-state index in [1.165, 1.54) is 0 Å². The molecule has 1 aliphatic heterocycles. The zero-order valence-electron chi connectivity index (χ0n) is 9.03. The zero-order valence-corrected chi connectivity index (χ0v) is 9.03. The molecule has 0 saturated carbocycles. The molecule has 0 unspecified atom stereocenters. The van der Waals surface area contributed by atoms with Crippen molar-refractivity contribution in [3.63, 3.8) is 0 Å². The minimum atomic E-state index is 0.00812. The van der Waals surface area contributed by atoms with Crippen molar-refractivity contribution in [2.45, 2.75) is 0 Å². The molecule has 4 nitrogen and oxygen atoms in total. The molecule has 4 N–H and O–H groups in total. The number of allylic oxidation sites excluding steroid dienone is 1. The fraction of sp³-hybridized carbons (Fsp3) is 0. The number of carbonyl (C=O) groups is 1. The van der Waals surface area contributed by atoms with E-state index in [-0.39, 0.29) is 5.78 Å². The van der Waals surface area contributed by atoms with Crippen LogP contribution in [-0.4, -0.2) is 10.8 Å². The number of Topliss-reactive ketones (excluding diaryl/α,β-unsaturated/α-hetero) is 1. The summed E-state index contributed by atoms with van der Waals surface area (Å²) in [4.78, 5) is 15.0. The van der Waals surface area contributed by atoms with Crippen molar-refractivity contribution in [1.29, 1.82) is 0 Å². The molecule has 2 aromatic rings. The van der Waals surface area contributed by atoms with Gasteiger partial charge in [-0.1, -0.05) is 12.1 Å². The summed E-state index contributed by atoms with van der Waals surface area (Å²) in [6.45, 7) is 0. The first kappa shape index (κ1) is 9.72. The first-order valence-electron chi connectivity index (χ1n) is 5.31. The second-order valence-electron chi connectivity index (χ2n) is 3.93. The molecule has 0 aliphatic carbocycles. The summed E-state index contributed by atoms with van der Waals surface area (Å²) in [6.07, 6.45) is 1.76. The summed E-state index contributed by atoms with van der Waals surface area (Å²) in [6, 6.07) is 11.0. The monoisotopic (exact) mass is 225 g/mol. The summed E-state index contributed by atoms with van der Waals surface area (Å²) in [5.74, 6) is 0.591. The number of carbonyl (C=O) groups excluding carboxylic acids is 1. The van der Waals surface area contributed by atoms with E-state index in [4.69, 9.17) is 5.73 Å². The van der Waals surface area contributed by atoms with Crippen LogP contribution in [0.15, 0.2) is 42.1 Å². The summed E-state index contributed by atoms with van der Waals surface area (Å²) >= 11 is 0. The van der Waals surface area contributed by atoms with Gasteiger partial charge in [0.2, 0.25) is 5.78 Å². The van der Waals surface area contributed by atoms with Crippen molar-refractivity contribution < 1.29 is 4.79 Å². The molecule has 0 fully saturated rings. The van der Waals surface area contributed by atoms with Crippen LogP contribution >= 0.6 is 0 Å². The van der Waals surface area contributed by atoms with Crippen LogP contribution in [0.2, 0.25) is 0 Å². The van der Waals surface area contributed by atoms with Gasteiger partial charge in [-0.2, -0.15) is 0 Å². The summed E-state index contributed by atoms with van der Waals surface area (Å²) in [5.41, 5.74) is 8.51. The molecule has 4 heteroatoms. The van der Waals surface area contributed by atoms with Crippen LogP contribution in [0.5, 0.6) is 0 Å². The van der Waals surface area contributed by atoms with Gasteiger partial charge in [0.05, 0.1) is 5.70 Å². The number of rotatable bonds is 1. The van der Waals surface area contributed by atoms with E-state index in [9.17, 15) is 4.79 Å². The average molecular weight is 225 g/mol. The van der Waals surface area contributed by atoms with E-state index >= 15 is 0 Å². The smallest absolute Gasteiger partial charge is 0.211 e. The molecule has 1 aromatic carbocycles. The number of para-hydroxylation sites is 1. The minimum absolute atomic E-state index is 0.00812. The lowest BCUT2D eigenvalue weighted by Crippen LogP contribution is -1.99. The van der Waals surface area contributed by atoms with Gasteiger partial charge >= 0.3 is 0 Å². The quantitative estimate of drug-likeness (QED) is 0.652. The van der Waals surface area contributed by atoms with Crippen molar-refractivity contribution in [3.05, 3.63) is 53.4 Å². The normalized spacial score (nSPS) is 16.0. The highest BCUT2D eigenvalue weighted by atomic mass is 16.1. The molecule has 84 valence electrons. The maximum atomic E-state index is 12.0. The van der Waals surface area contributed by atoms with Crippen molar-refractivity contribution in [2.24, 2.45) is 0 Å². The Kier molecular flexibility index (Phi) is 2.01. The first-order valence-corrected chi connectivity index (χ1v) is 5.31. The molecule has 0 spiro atoms. The van der Waals surface area contributed by atoms with E-state index in [1.54, 1.807) is 12.1 Å². The lowest BCUT2D eigenvalue weighted by atomic mass is 10.1. The number of anilines is 2. The van der Waals surface area contributed by atoms with Crippen LogP contribution in [0.1, 0.15) is 16.1 Å². The Morgan fingerprint density at radius 2 is 1.94 bits per heavy atom. The maximum absolute atomic E-state index is 12.0. The predicted molar refractivity (Wildman–Crippen MR) is 67.6 cm³/mol. The van der Waals surface area contributed by atoms with E-state index in [2.05, 4.69) is 10.3 Å². The van der Waals surface area contributed by atoms with E-state index < -0.39 is 0 Å². The highest BCUT2D eigenvalue weighted by Crippen LogP contribution is 2.28. The van der Waals surface area contributed by atoms with Gasteiger partial charge in [-0.3, -0.25) is 4.79 Å². The molecule has 3 rings (SSSR count). The molecule has 0 amide bonds. The average Bonchev–Trinajstić information content (AvgIpc) is 2.86. The standard InChI is InChI=1S/C13H11N3O/c14-12-6-5-8(15-12)7-11-13(17)9-3-1-2-4-10(9)16-11/h1-7,15-16H,14H2/b11-7+. The van der Waals surface area contributed by atoms with E-state index in [1.807, 2.05) is 30.3 Å². The lowest BCUT2D eigenvalue weighted by molar-refractivity contribution is 0.104. The number of benzene rings is 1. The second kappa shape index (κ2) is 3.52. The van der Waals surface area contributed by atoms with Gasteiger partial charge < -0.3 is 16.0 Å². The SMILES string of the molecule is Nc1ccc(/C=C2/Nc3ccccc3C2=O)[nH]1. The Bertz CT molecular complexity index is 625. The molecule has 2 heterocycles. The number of H-pyrrole nitrogens is 1. The van der Waals surface area contributed by atoms with Crippen LogP contribution in [0.25, 0.3) is 6.08 Å². The van der Waals surface area contributed by atoms with Gasteiger partial charge in [-0.25, -0.2) is 0 Å². The highest BCUT2D eigenvalue weighted by Gasteiger charge is 2.23. The maximum Gasteiger partial charge on any atom is 0.211 e. The molecule has 1 aromatic heterocycles. The third kappa shape index (κ3) is 1.59. The van der Waals surface area contributed by atoms with Crippen LogP contribution in [0.3, 0.4) is 0 Å². The lowest BCUT2D eigenvalue weighted by Gasteiger charge is -1.96. The van der Waals surface area contributed by atoms with E-state index in [0.29, 0.717) is 17.1 Å². The Labute approximate surface area is 98.1 Å². The van der Waals surface area contributed by atoms with Gasteiger partial charge in [0.1, 0.15) is 5.82 Å². The number of hydrogen-bond donors (Lipinski definition) is 3. The number of nitrogens with one attached hydrogen (secondary N) is 2. The number of aromatic nitrogens is 1. The molecular weight excluding hydrogens is 214 g/mol. The van der Waals surface area contributed by atoms with Gasteiger partial charge in [0.15, 0.2) is 0 Å². The fourth-order valence-corrected chi connectivity index (χ4v) is 1.91. The Balaban J connectivity index is 1.99. The number of nitrogens with two attached hydrogens (primary N) is 1. The topological polar surface area (TPSA) is 70.9 Å². The Hall–Kier alpha value is -2.49. The molecule has 0 bridgehead atoms. The van der Waals surface area contributed by atoms with Gasteiger partial charge in [0.25, 0.3) is 0 Å². The summed E-state index contributed by atoms with van der Waals surface area (Å²) in [5, 5.41) is 3.09. The zero-order chi connectivity index (χ0) is 11.8. The molecule has 0 saturated heterocycles. The minimum Gasteiger partial charge on any atom is -0.385 e. The van der Waals surface area contributed by atoms with Crippen molar-refractivity contribution in [3.8, 4) is 0 Å².